The van der Waals surface area contributed by atoms with Crippen molar-refractivity contribution in [1.29, 1.82) is 0 Å². The predicted octanol–water partition coefficient (Wildman–Crippen LogP) is 0.229. The minimum absolute atomic E-state index is 0.273. The van der Waals surface area contributed by atoms with Crippen molar-refractivity contribution < 1.29 is 5.11 Å². The monoisotopic (exact) mass is 82.0 g/mol. The molecule has 1 aliphatic carbocycles. The van der Waals surface area contributed by atoms with Gasteiger partial charge in [0.05, 0.1) is 0 Å². The fourth-order valence-electron chi connectivity index (χ4n) is 0.524. The Hall–Kier alpha value is -0.460. The molecule has 0 N–H and O–H groups in total. The summed E-state index contributed by atoms with van der Waals surface area (Å²) in [6.07, 6.45) is 5.24. The highest BCUT2D eigenvalue weighted by atomic mass is 16.3. The van der Waals surface area contributed by atoms with E-state index < -0.39 is 0 Å². The summed E-state index contributed by atoms with van der Waals surface area (Å²) in [5, 5.41) is 10.2. The first-order valence-electron chi connectivity index (χ1n) is 2.07. The Morgan fingerprint density at radius 3 is 2.67 bits per heavy atom. The summed E-state index contributed by atoms with van der Waals surface area (Å²) < 4.78 is 0. The highest BCUT2D eigenvalue weighted by Crippen LogP contribution is 2.09. The van der Waals surface area contributed by atoms with E-state index in [2.05, 4.69) is 0 Å². The Morgan fingerprint density at radius 1 is 1.67 bits per heavy atom. The van der Waals surface area contributed by atoms with Crippen molar-refractivity contribution >= 4 is 0 Å². The third-order valence-electron chi connectivity index (χ3n) is 0.858. The van der Waals surface area contributed by atoms with Crippen LogP contribution in [-0.4, -0.2) is 0 Å². The quantitative estimate of drug-likeness (QED) is 0.410. The molecule has 0 aromatic carbocycles. The van der Waals surface area contributed by atoms with E-state index >= 15 is 0 Å². The Labute approximate surface area is 37.3 Å². The number of hydrogen-bond acceptors (Lipinski definition) is 1. The Balaban J connectivity index is 2.45. The van der Waals surface area contributed by atoms with Gasteiger partial charge < -0.3 is 5.11 Å². The lowest BCUT2D eigenvalue weighted by Crippen LogP contribution is -1.97. The Bertz CT molecular complexity index is 74.0. The average molecular weight is 82.1 g/mol. The van der Waals surface area contributed by atoms with Gasteiger partial charge in [0.1, 0.15) is 0 Å². The number of rotatable bonds is 0. The molecular weight excluding hydrogens is 76.1 g/mol. The maximum atomic E-state index is 10.2. The molecule has 0 heterocycles. The molecule has 0 atom stereocenters. The van der Waals surface area contributed by atoms with Crippen molar-refractivity contribution in [3.05, 3.63) is 18.3 Å². The highest BCUT2D eigenvalue weighted by molar-refractivity contribution is 5.04. The minimum Gasteiger partial charge on any atom is -0.876 e. The van der Waals surface area contributed by atoms with E-state index in [-0.39, 0.29) is 5.76 Å². The fourth-order valence-corrected chi connectivity index (χ4v) is 0.524. The summed E-state index contributed by atoms with van der Waals surface area (Å²) in [7, 11) is 0. The van der Waals surface area contributed by atoms with Crippen LogP contribution in [-0.2, 0) is 0 Å². The SMILES string of the molecule is [O-]C1=CC[CH]C1. The van der Waals surface area contributed by atoms with Crippen molar-refractivity contribution in [1.82, 2.24) is 0 Å². The zero-order chi connectivity index (χ0) is 4.41. The molecule has 6 heavy (non-hydrogen) atoms. The average Bonchev–Trinajstić information content (AvgIpc) is 1.86. The largest absolute Gasteiger partial charge is 0.876 e. The summed E-state index contributed by atoms with van der Waals surface area (Å²) in [5.41, 5.74) is 0. The zero-order valence-electron chi connectivity index (χ0n) is 3.48. The summed E-state index contributed by atoms with van der Waals surface area (Å²) in [4.78, 5) is 0. The molecule has 1 radical (unpaired) electrons. The lowest BCUT2D eigenvalue weighted by molar-refractivity contribution is -0.304. The molecule has 0 aromatic heterocycles. The van der Waals surface area contributed by atoms with Crippen LogP contribution in [0.3, 0.4) is 0 Å². The summed E-state index contributed by atoms with van der Waals surface area (Å²) in [6.45, 7) is 0. The van der Waals surface area contributed by atoms with E-state index in [0.717, 1.165) is 6.42 Å². The van der Waals surface area contributed by atoms with Crippen molar-refractivity contribution in [3.8, 4) is 0 Å². The van der Waals surface area contributed by atoms with Crippen LogP contribution in [0.5, 0.6) is 0 Å². The van der Waals surface area contributed by atoms with Crippen LogP contribution in [0.1, 0.15) is 12.8 Å². The van der Waals surface area contributed by atoms with Gasteiger partial charge in [0.15, 0.2) is 0 Å². The van der Waals surface area contributed by atoms with Crippen molar-refractivity contribution in [2.24, 2.45) is 0 Å². The first-order valence-corrected chi connectivity index (χ1v) is 2.07. The molecule has 0 spiro atoms. The smallest absolute Gasteiger partial charge is 0.0317 e. The molecule has 0 bridgehead atoms. The van der Waals surface area contributed by atoms with E-state index in [1.165, 1.54) is 0 Å². The van der Waals surface area contributed by atoms with Gasteiger partial charge in [-0.2, -0.15) is 0 Å². The van der Waals surface area contributed by atoms with E-state index in [0.29, 0.717) is 6.42 Å². The molecular formula is C5H6O-. The van der Waals surface area contributed by atoms with Gasteiger partial charge in [-0.3, -0.25) is 0 Å². The normalized spacial score (nSPS) is 21.0. The van der Waals surface area contributed by atoms with E-state index in [1.807, 2.05) is 6.42 Å². The first kappa shape index (κ1) is 3.72. The lowest BCUT2D eigenvalue weighted by Gasteiger charge is -1.99. The topological polar surface area (TPSA) is 23.1 Å². The molecule has 33 valence electrons. The summed E-state index contributed by atoms with van der Waals surface area (Å²) >= 11 is 0. The van der Waals surface area contributed by atoms with E-state index in [1.54, 1.807) is 6.08 Å². The second-order valence-corrected chi connectivity index (χ2v) is 1.40. The standard InChI is InChI=1S/C5H7O/c6-5-3-1-2-4-5/h1,4,6H,2-3H2/p-1. The number of hydrogen-bond donors (Lipinski definition) is 0. The van der Waals surface area contributed by atoms with Crippen LogP contribution in [0.15, 0.2) is 11.8 Å². The second-order valence-electron chi connectivity index (χ2n) is 1.40. The van der Waals surface area contributed by atoms with Crippen LogP contribution >= 0.6 is 0 Å². The van der Waals surface area contributed by atoms with Crippen LogP contribution in [0.2, 0.25) is 0 Å². The van der Waals surface area contributed by atoms with Gasteiger partial charge in [-0.1, -0.05) is 6.08 Å². The van der Waals surface area contributed by atoms with Gasteiger partial charge in [-0.25, -0.2) is 0 Å². The predicted molar refractivity (Wildman–Crippen MR) is 21.6 cm³/mol. The third-order valence-corrected chi connectivity index (χ3v) is 0.858. The van der Waals surface area contributed by atoms with Crippen molar-refractivity contribution in [3.63, 3.8) is 0 Å². The minimum atomic E-state index is 0.273. The van der Waals surface area contributed by atoms with Crippen LogP contribution < -0.4 is 5.11 Å². The van der Waals surface area contributed by atoms with Gasteiger partial charge in [0.2, 0.25) is 0 Å². The molecule has 1 aliphatic rings. The van der Waals surface area contributed by atoms with Crippen molar-refractivity contribution in [2.45, 2.75) is 12.8 Å². The lowest BCUT2D eigenvalue weighted by atomic mass is 10.4. The Kier molecular flexibility index (Phi) is 0.825. The molecule has 0 aliphatic heterocycles. The van der Waals surface area contributed by atoms with Crippen LogP contribution in [0.4, 0.5) is 0 Å². The maximum absolute atomic E-state index is 10.2. The van der Waals surface area contributed by atoms with Gasteiger partial charge in [0, 0.05) is 0 Å². The molecule has 0 unspecified atom stereocenters. The summed E-state index contributed by atoms with van der Waals surface area (Å²) in [6, 6.07) is 0. The molecule has 0 amide bonds. The molecule has 0 aromatic rings. The van der Waals surface area contributed by atoms with Gasteiger partial charge >= 0.3 is 0 Å². The molecule has 0 saturated carbocycles. The van der Waals surface area contributed by atoms with Gasteiger partial charge in [0.25, 0.3) is 0 Å². The molecule has 1 rings (SSSR count). The molecule has 1 heteroatoms. The second kappa shape index (κ2) is 1.33. The Morgan fingerprint density at radius 2 is 2.50 bits per heavy atom. The van der Waals surface area contributed by atoms with Gasteiger partial charge in [-0.15, -0.1) is 5.76 Å². The van der Waals surface area contributed by atoms with Gasteiger partial charge in [-0.05, 0) is 19.3 Å². The maximum Gasteiger partial charge on any atom is -0.0317 e. The van der Waals surface area contributed by atoms with Crippen LogP contribution in [0.25, 0.3) is 0 Å². The zero-order valence-corrected chi connectivity index (χ0v) is 3.48. The molecule has 1 nitrogen and oxygen atoms in total. The third kappa shape index (κ3) is 0.534. The van der Waals surface area contributed by atoms with Crippen molar-refractivity contribution in [2.75, 3.05) is 0 Å². The summed E-state index contributed by atoms with van der Waals surface area (Å²) in [5.74, 6) is 0.273. The molecule has 0 saturated heterocycles. The highest BCUT2D eigenvalue weighted by Gasteiger charge is 1.90. The van der Waals surface area contributed by atoms with E-state index in [9.17, 15) is 5.11 Å². The number of allylic oxidation sites excluding steroid dienone is 2. The molecule has 0 fully saturated rings. The first-order chi connectivity index (χ1) is 2.89. The van der Waals surface area contributed by atoms with E-state index in [4.69, 9.17) is 0 Å². The fraction of sp³-hybridized carbons (Fsp3) is 0.400. The van der Waals surface area contributed by atoms with Crippen LogP contribution in [0, 0.1) is 6.42 Å².